The van der Waals surface area contributed by atoms with Crippen molar-refractivity contribution in [1.29, 1.82) is 0 Å². The first-order valence-electron chi connectivity index (χ1n) is 7.56. The van der Waals surface area contributed by atoms with Crippen LogP contribution in [0.15, 0.2) is 36.4 Å². The van der Waals surface area contributed by atoms with Crippen molar-refractivity contribution in [2.24, 2.45) is 0 Å². The van der Waals surface area contributed by atoms with Gasteiger partial charge in [0.1, 0.15) is 0 Å². The minimum atomic E-state index is 0.327. The van der Waals surface area contributed by atoms with Crippen LogP contribution >= 0.6 is 11.6 Å². The molecule has 1 N–H and O–H groups in total. The average molecular weight is 302 g/mol. The number of likely N-dealkylation sites (N-methyl/N-ethyl adjacent to an activating group) is 1. The van der Waals surface area contributed by atoms with E-state index in [0.29, 0.717) is 6.04 Å². The Bertz CT molecular complexity index is 619. The lowest BCUT2D eigenvalue weighted by molar-refractivity contribution is 0.546. The number of benzene rings is 2. The van der Waals surface area contributed by atoms with E-state index in [9.17, 15) is 0 Å². The maximum Gasteiger partial charge on any atom is 0.0408 e. The molecular weight excluding hydrogens is 278 g/mol. The number of hydrogen-bond donors (Lipinski definition) is 1. The summed E-state index contributed by atoms with van der Waals surface area (Å²) >= 11 is 6.08. The number of halogens is 1. The van der Waals surface area contributed by atoms with Crippen molar-refractivity contribution in [1.82, 2.24) is 5.32 Å². The zero-order valence-corrected chi connectivity index (χ0v) is 14.1. The molecule has 0 aliphatic rings. The molecule has 0 bridgehead atoms. The van der Waals surface area contributed by atoms with Gasteiger partial charge in [-0.05, 0) is 68.1 Å². The predicted octanol–water partition coefficient (Wildman–Crippen LogP) is 5.16. The SMILES string of the molecule is CCNC(Cc1cc(C)ccc1C)c1ccc(Cl)cc1C. The van der Waals surface area contributed by atoms with Crippen molar-refractivity contribution in [2.75, 3.05) is 6.54 Å². The lowest BCUT2D eigenvalue weighted by Crippen LogP contribution is -2.24. The highest BCUT2D eigenvalue weighted by atomic mass is 35.5. The summed E-state index contributed by atoms with van der Waals surface area (Å²) in [6.45, 7) is 9.58. The highest BCUT2D eigenvalue weighted by Gasteiger charge is 2.15. The van der Waals surface area contributed by atoms with Gasteiger partial charge in [-0.15, -0.1) is 0 Å². The summed E-state index contributed by atoms with van der Waals surface area (Å²) in [4.78, 5) is 0. The van der Waals surface area contributed by atoms with Crippen LogP contribution in [0.4, 0.5) is 0 Å². The van der Waals surface area contributed by atoms with Crippen molar-refractivity contribution in [3.8, 4) is 0 Å². The maximum atomic E-state index is 6.08. The lowest BCUT2D eigenvalue weighted by atomic mass is 9.92. The fourth-order valence-electron chi connectivity index (χ4n) is 2.81. The summed E-state index contributed by atoms with van der Waals surface area (Å²) in [5.41, 5.74) is 6.67. The van der Waals surface area contributed by atoms with Crippen molar-refractivity contribution in [3.63, 3.8) is 0 Å². The molecule has 1 unspecified atom stereocenters. The molecular formula is C19H24ClN. The monoisotopic (exact) mass is 301 g/mol. The third-order valence-corrected chi connectivity index (χ3v) is 4.22. The Morgan fingerprint density at radius 1 is 1.00 bits per heavy atom. The average Bonchev–Trinajstić information content (AvgIpc) is 2.42. The summed E-state index contributed by atoms with van der Waals surface area (Å²) < 4.78 is 0. The second-order valence-electron chi connectivity index (χ2n) is 5.75. The first-order chi connectivity index (χ1) is 10.0. The molecule has 112 valence electrons. The van der Waals surface area contributed by atoms with Gasteiger partial charge < -0.3 is 5.32 Å². The van der Waals surface area contributed by atoms with Crippen LogP contribution in [0.2, 0.25) is 5.02 Å². The largest absolute Gasteiger partial charge is 0.310 e. The fourth-order valence-corrected chi connectivity index (χ4v) is 3.04. The van der Waals surface area contributed by atoms with E-state index in [2.05, 4.69) is 57.3 Å². The first-order valence-corrected chi connectivity index (χ1v) is 7.94. The second-order valence-corrected chi connectivity index (χ2v) is 6.18. The summed E-state index contributed by atoms with van der Waals surface area (Å²) in [7, 11) is 0. The topological polar surface area (TPSA) is 12.0 Å². The molecule has 2 aromatic rings. The van der Waals surface area contributed by atoms with Gasteiger partial charge in [-0.2, -0.15) is 0 Å². The van der Waals surface area contributed by atoms with Gasteiger partial charge in [0, 0.05) is 11.1 Å². The molecule has 21 heavy (non-hydrogen) atoms. The summed E-state index contributed by atoms with van der Waals surface area (Å²) in [6, 6.07) is 13.2. The van der Waals surface area contributed by atoms with Crippen molar-refractivity contribution in [2.45, 2.75) is 40.2 Å². The molecule has 2 aromatic carbocycles. The van der Waals surface area contributed by atoms with Gasteiger partial charge in [-0.3, -0.25) is 0 Å². The summed E-state index contributed by atoms with van der Waals surface area (Å²) in [5, 5.41) is 4.42. The Labute approximate surface area is 133 Å². The van der Waals surface area contributed by atoms with Crippen molar-refractivity contribution >= 4 is 11.6 Å². The van der Waals surface area contributed by atoms with Crippen molar-refractivity contribution < 1.29 is 0 Å². The molecule has 0 aliphatic carbocycles. The summed E-state index contributed by atoms with van der Waals surface area (Å²) in [6.07, 6.45) is 1.00. The van der Waals surface area contributed by atoms with Gasteiger partial charge in [0.2, 0.25) is 0 Å². The predicted molar refractivity (Wildman–Crippen MR) is 92.2 cm³/mol. The van der Waals surface area contributed by atoms with E-state index in [-0.39, 0.29) is 0 Å². The van der Waals surface area contributed by atoms with Crippen LogP contribution in [0, 0.1) is 20.8 Å². The molecule has 1 atom stereocenters. The van der Waals surface area contributed by atoms with Crippen LogP contribution in [0.25, 0.3) is 0 Å². The van der Waals surface area contributed by atoms with Gasteiger partial charge in [-0.1, -0.05) is 48.4 Å². The van der Waals surface area contributed by atoms with Gasteiger partial charge in [-0.25, -0.2) is 0 Å². The van der Waals surface area contributed by atoms with E-state index in [0.717, 1.165) is 18.0 Å². The smallest absolute Gasteiger partial charge is 0.0408 e. The Morgan fingerprint density at radius 2 is 1.76 bits per heavy atom. The van der Waals surface area contributed by atoms with Crippen LogP contribution in [0.5, 0.6) is 0 Å². The minimum absolute atomic E-state index is 0.327. The molecule has 0 aliphatic heterocycles. The molecule has 0 fully saturated rings. The molecule has 0 spiro atoms. The third kappa shape index (κ3) is 4.09. The van der Waals surface area contributed by atoms with Crippen LogP contribution in [-0.2, 0) is 6.42 Å². The number of rotatable bonds is 5. The van der Waals surface area contributed by atoms with E-state index in [1.165, 1.54) is 27.8 Å². The molecule has 1 nitrogen and oxygen atoms in total. The molecule has 0 saturated heterocycles. The minimum Gasteiger partial charge on any atom is -0.310 e. The van der Waals surface area contributed by atoms with Gasteiger partial charge in [0.15, 0.2) is 0 Å². The Balaban J connectivity index is 2.32. The van der Waals surface area contributed by atoms with Gasteiger partial charge >= 0.3 is 0 Å². The molecule has 2 heteroatoms. The lowest BCUT2D eigenvalue weighted by Gasteiger charge is -2.22. The zero-order chi connectivity index (χ0) is 15.4. The Hall–Kier alpha value is -1.31. The maximum absolute atomic E-state index is 6.08. The molecule has 0 saturated carbocycles. The van der Waals surface area contributed by atoms with E-state index < -0.39 is 0 Å². The van der Waals surface area contributed by atoms with Crippen LogP contribution < -0.4 is 5.32 Å². The first kappa shape index (κ1) is 16.1. The van der Waals surface area contributed by atoms with E-state index in [1.54, 1.807) is 0 Å². The van der Waals surface area contributed by atoms with E-state index in [1.807, 2.05) is 12.1 Å². The standard InChI is InChI=1S/C19H24ClN/c1-5-21-19(18-9-8-17(20)11-15(18)4)12-16-10-13(2)6-7-14(16)3/h6-11,19,21H,5,12H2,1-4H3. The molecule has 0 amide bonds. The highest BCUT2D eigenvalue weighted by molar-refractivity contribution is 6.30. The quantitative estimate of drug-likeness (QED) is 0.804. The Morgan fingerprint density at radius 3 is 2.43 bits per heavy atom. The third-order valence-electron chi connectivity index (χ3n) is 3.99. The van der Waals surface area contributed by atoms with E-state index >= 15 is 0 Å². The van der Waals surface area contributed by atoms with Gasteiger partial charge in [0.05, 0.1) is 0 Å². The Kier molecular flexibility index (Phi) is 5.44. The number of nitrogens with one attached hydrogen (secondary N) is 1. The molecule has 2 rings (SSSR count). The normalized spacial score (nSPS) is 12.4. The van der Waals surface area contributed by atoms with Crippen molar-refractivity contribution in [3.05, 3.63) is 69.2 Å². The van der Waals surface area contributed by atoms with E-state index in [4.69, 9.17) is 11.6 Å². The number of aryl methyl sites for hydroxylation is 3. The zero-order valence-electron chi connectivity index (χ0n) is 13.3. The second kappa shape index (κ2) is 7.11. The highest BCUT2D eigenvalue weighted by Crippen LogP contribution is 2.26. The summed E-state index contributed by atoms with van der Waals surface area (Å²) in [5.74, 6) is 0. The van der Waals surface area contributed by atoms with Gasteiger partial charge in [0.25, 0.3) is 0 Å². The molecule has 0 heterocycles. The van der Waals surface area contributed by atoms with Crippen LogP contribution in [-0.4, -0.2) is 6.54 Å². The van der Waals surface area contributed by atoms with Crippen LogP contribution in [0.1, 0.15) is 40.8 Å². The molecule has 0 aromatic heterocycles. The molecule has 0 radical (unpaired) electrons. The fraction of sp³-hybridized carbons (Fsp3) is 0.368. The van der Waals surface area contributed by atoms with Crippen LogP contribution in [0.3, 0.4) is 0 Å². The number of hydrogen-bond acceptors (Lipinski definition) is 1.